The third kappa shape index (κ3) is 3.54. The minimum atomic E-state index is -0.415. The van der Waals surface area contributed by atoms with Gasteiger partial charge in [-0.05, 0) is 19.3 Å². The highest BCUT2D eigenvalue weighted by molar-refractivity contribution is 6.32. The largest absolute Gasteiger partial charge is 0.321 e. The lowest BCUT2D eigenvalue weighted by Crippen LogP contribution is -2.33. The summed E-state index contributed by atoms with van der Waals surface area (Å²) in [7, 11) is 1.79. The highest BCUT2D eigenvalue weighted by Crippen LogP contribution is 2.20. The van der Waals surface area contributed by atoms with Crippen LogP contribution in [0.25, 0.3) is 0 Å². The van der Waals surface area contributed by atoms with Crippen molar-refractivity contribution in [3.05, 3.63) is 16.4 Å². The Morgan fingerprint density at radius 2 is 2.12 bits per heavy atom. The van der Waals surface area contributed by atoms with Crippen LogP contribution in [0, 0.1) is 12.8 Å². The molecule has 0 amide bonds. The Morgan fingerprint density at radius 1 is 1.53 bits per heavy atom. The van der Waals surface area contributed by atoms with E-state index in [1.807, 2.05) is 20.8 Å². The van der Waals surface area contributed by atoms with Gasteiger partial charge in [0.15, 0.2) is 5.78 Å². The van der Waals surface area contributed by atoms with E-state index in [0.29, 0.717) is 17.4 Å². The summed E-state index contributed by atoms with van der Waals surface area (Å²) >= 11 is 6.09. The average molecular weight is 258 g/mol. The van der Waals surface area contributed by atoms with Crippen LogP contribution in [0.1, 0.15) is 31.7 Å². The fourth-order valence-corrected chi connectivity index (χ4v) is 2.03. The van der Waals surface area contributed by atoms with E-state index in [2.05, 4.69) is 5.10 Å². The Hall–Kier alpha value is -0.870. The fraction of sp³-hybridized carbons (Fsp3) is 0.667. The van der Waals surface area contributed by atoms with Gasteiger partial charge in [0, 0.05) is 7.05 Å². The van der Waals surface area contributed by atoms with E-state index in [1.165, 1.54) is 0 Å². The predicted molar refractivity (Wildman–Crippen MR) is 69.1 cm³/mol. The summed E-state index contributed by atoms with van der Waals surface area (Å²) in [6, 6.07) is -0.415. The predicted octanol–water partition coefficient (Wildman–Crippen LogP) is 1.87. The highest BCUT2D eigenvalue weighted by Gasteiger charge is 2.20. The Bertz CT molecular complexity index is 412. The zero-order chi connectivity index (χ0) is 13.2. The number of aromatic nitrogens is 2. The molecule has 0 aliphatic heterocycles. The van der Waals surface area contributed by atoms with Gasteiger partial charge < -0.3 is 5.73 Å². The van der Waals surface area contributed by atoms with Crippen molar-refractivity contribution in [1.82, 2.24) is 9.78 Å². The van der Waals surface area contributed by atoms with Crippen LogP contribution in [0.15, 0.2) is 0 Å². The molecular weight excluding hydrogens is 238 g/mol. The highest BCUT2D eigenvalue weighted by atomic mass is 35.5. The van der Waals surface area contributed by atoms with E-state index in [-0.39, 0.29) is 12.2 Å². The van der Waals surface area contributed by atoms with Crippen molar-refractivity contribution in [2.45, 2.75) is 39.7 Å². The summed E-state index contributed by atoms with van der Waals surface area (Å²) in [5.74, 6) is 0.432. The number of Topliss-reactive ketones (excluding diaryl/α,β-unsaturated/α-hetero) is 1. The van der Waals surface area contributed by atoms with Gasteiger partial charge in [0.05, 0.1) is 28.9 Å². The fourth-order valence-electron chi connectivity index (χ4n) is 1.81. The first kappa shape index (κ1) is 14.2. The molecular formula is C12H20ClN3O. The summed E-state index contributed by atoms with van der Waals surface area (Å²) in [6.07, 6.45) is 0.956. The molecule has 1 rings (SSSR count). The minimum Gasteiger partial charge on any atom is -0.321 e. The molecule has 0 radical (unpaired) electrons. The second-order valence-electron chi connectivity index (χ2n) is 4.85. The Kier molecular flexibility index (Phi) is 4.71. The third-order valence-corrected chi connectivity index (χ3v) is 3.23. The van der Waals surface area contributed by atoms with Gasteiger partial charge in [0.25, 0.3) is 0 Å². The van der Waals surface area contributed by atoms with E-state index in [0.717, 1.165) is 11.4 Å². The minimum absolute atomic E-state index is 0.0172. The van der Waals surface area contributed by atoms with E-state index < -0.39 is 6.04 Å². The van der Waals surface area contributed by atoms with Gasteiger partial charge in [-0.3, -0.25) is 9.48 Å². The zero-order valence-electron chi connectivity index (χ0n) is 10.8. The van der Waals surface area contributed by atoms with Crippen molar-refractivity contribution < 1.29 is 4.79 Å². The van der Waals surface area contributed by atoms with Gasteiger partial charge in [0.2, 0.25) is 0 Å². The number of nitrogens with zero attached hydrogens (tertiary/aromatic N) is 2. The van der Waals surface area contributed by atoms with Crippen molar-refractivity contribution in [1.29, 1.82) is 0 Å². The normalized spacial score (nSPS) is 13.1. The summed E-state index contributed by atoms with van der Waals surface area (Å²) in [4.78, 5) is 11.9. The summed E-state index contributed by atoms with van der Waals surface area (Å²) < 4.78 is 1.65. The molecule has 0 aliphatic rings. The summed E-state index contributed by atoms with van der Waals surface area (Å²) in [5, 5.41) is 4.74. The quantitative estimate of drug-likeness (QED) is 0.876. The van der Waals surface area contributed by atoms with Gasteiger partial charge in [-0.2, -0.15) is 5.10 Å². The zero-order valence-corrected chi connectivity index (χ0v) is 11.6. The van der Waals surface area contributed by atoms with E-state index in [1.54, 1.807) is 11.7 Å². The molecule has 96 valence electrons. The van der Waals surface area contributed by atoms with E-state index in [9.17, 15) is 4.79 Å². The van der Waals surface area contributed by atoms with Crippen LogP contribution in [0.5, 0.6) is 0 Å². The van der Waals surface area contributed by atoms with Crippen LogP contribution in [0.3, 0.4) is 0 Å². The lowest BCUT2D eigenvalue weighted by molar-refractivity contribution is -0.120. The maximum Gasteiger partial charge on any atom is 0.155 e. The molecule has 0 aliphatic carbocycles. The van der Waals surface area contributed by atoms with Crippen LogP contribution < -0.4 is 5.73 Å². The molecule has 0 saturated carbocycles. The number of rotatable bonds is 5. The molecule has 1 heterocycles. The van der Waals surface area contributed by atoms with Crippen molar-refractivity contribution in [3.8, 4) is 0 Å². The van der Waals surface area contributed by atoms with Crippen molar-refractivity contribution in [2.75, 3.05) is 0 Å². The molecule has 1 aromatic heterocycles. The maximum absolute atomic E-state index is 11.9. The molecule has 0 bridgehead atoms. The number of ketones is 1. The number of carbonyl (C=O) groups excluding carboxylic acids is 1. The molecule has 0 fully saturated rings. The van der Waals surface area contributed by atoms with Gasteiger partial charge in [-0.25, -0.2) is 0 Å². The molecule has 1 unspecified atom stereocenters. The number of aryl methyl sites for hydroxylation is 2. The summed E-state index contributed by atoms with van der Waals surface area (Å²) in [5.41, 5.74) is 7.34. The number of nitrogens with two attached hydrogens (primary N) is 1. The molecule has 4 nitrogen and oxygen atoms in total. The van der Waals surface area contributed by atoms with Crippen molar-refractivity contribution in [3.63, 3.8) is 0 Å². The maximum atomic E-state index is 11.9. The topological polar surface area (TPSA) is 60.9 Å². The Morgan fingerprint density at radius 3 is 2.53 bits per heavy atom. The Balaban J connectivity index is 2.74. The van der Waals surface area contributed by atoms with Gasteiger partial charge in [-0.1, -0.05) is 25.4 Å². The number of hydrogen-bond acceptors (Lipinski definition) is 3. The van der Waals surface area contributed by atoms with E-state index >= 15 is 0 Å². The van der Waals surface area contributed by atoms with Gasteiger partial charge >= 0.3 is 0 Å². The van der Waals surface area contributed by atoms with Crippen LogP contribution in [-0.2, 0) is 18.3 Å². The number of carbonyl (C=O) groups is 1. The van der Waals surface area contributed by atoms with Crippen LogP contribution in [-0.4, -0.2) is 21.6 Å². The molecule has 0 saturated heterocycles. The Labute approximate surface area is 107 Å². The number of halogens is 1. The molecule has 17 heavy (non-hydrogen) atoms. The van der Waals surface area contributed by atoms with Crippen molar-refractivity contribution in [2.24, 2.45) is 18.7 Å². The molecule has 0 spiro atoms. The van der Waals surface area contributed by atoms with Crippen molar-refractivity contribution >= 4 is 17.4 Å². The summed E-state index contributed by atoms with van der Waals surface area (Å²) in [6.45, 7) is 5.92. The lowest BCUT2D eigenvalue weighted by atomic mass is 9.98. The second-order valence-corrected chi connectivity index (χ2v) is 5.23. The second kappa shape index (κ2) is 5.65. The first-order valence-electron chi connectivity index (χ1n) is 5.79. The SMILES string of the molecule is Cc1nn(C)c(CC(=O)C(N)CC(C)C)c1Cl. The van der Waals surface area contributed by atoms with Crippen LogP contribution in [0.4, 0.5) is 0 Å². The molecule has 1 aromatic rings. The molecule has 1 atom stereocenters. The van der Waals surface area contributed by atoms with Gasteiger partial charge in [0.1, 0.15) is 0 Å². The first-order chi connectivity index (χ1) is 7.82. The average Bonchev–Trinajstić information content (AvgIpc) is 2.44. The lowest BCUT2D eigenvalue weighted by Gasteiger charge is -2.13. The standard InChI is InChI=1S/C12H20ClN3O/c1-7(2)5-9(14)11(17)6-10-12(13)8(3)15-16(10)4/h7,9H,5-6,14H2,1-4H3. The molecule has 0 aromatic carbocycles. The van der Waals surface area contributed by atoms with Gasteiger partial charge in [-0.15, -0.1) is 0 Å². The third-order valence-electron chi connectivity index (χ3n) is 2.74. The molecule has 2 N–H and O–H groups in total. The smallest absolute Gasteiger partial charge is 0.155 e. The monoisotopic (exact) mass is 257 g/mol. The van der Waals surface area contributed by atoms with E-state index in [4.69, 9.17) is 17.3 Å². The van der Waals surface area contributed by atoms with Crippen LogP contribution >= 0.6 is 11.6 Å². The van der Waals surface area contributed by atoms with Crippen LogP contribution in [0.2, 0.25) is 5.02 Å². The molecule has 5 heteroatoms. The number of hydrogen-bond donors (Lipinski definition) is 1. The first-order valence-corrected chi connectivity index (χ1v) is 6.17.